The van der Waals surface area contributed by atoms with Gasteiger partial charge in [-0.3, -0.25) is 4.79 Å². The molecular formula is C25H27F2NO4S. The predicted molar refractivity (Wildman–Crippen MR) is 120 cm³/mol. The molecule has 8 heteroatoms. The highest BCUT2D eigenvalue weighted by atomic mass is 32.2. The number of aliphatic hydroxyl groups is 1. The van der Waals surface area contributed by atoms with Crippen molar-refractivity contribution < 1.29 is 27.1 Å². The SMILES string of the molecule is C[C@]1(O)C2CCC1C[C@@H](S(=O)(=O)c1cc(C(=O)Nc3ccc(F)c(F)c3)ccc1C1CC1)C2. The molecule has 1 amide bonds. The van der Waals surface area contributed by atoms with Crippen molar-refractivity contribution in [2.75, 3.05) is 5.32 Å². The summed E-state index contributed by atoms with van der Waals surface area (Å²) in [5.74, 6) is -2.60. The van der Waals surface area contributed by atoms with Gasteiger partial charge >= 0.3 is 0 Å². The average molecular weight is 476 g/mol. The highest BCUT2D eigenvalue weighted by Crippen LogP contribution is 2.52. The second-order valence-electron chi connectivity index (χ2n) is 9.95. The van der Waals surface area contributed by atoms with Crippen LogP contribution in [0.25, 0.3) is 0 Å². The minimum atomic E-state index is -3.72. The maximum absolute atomic E-state index is 13.8. The lowest BCUT2D eigenvalue weighted by Gasteiger charge is -2.40. The van der Waals surface area contributed by atoms with E-state index in [-0.39, 0.29) is 33.9 Å². The fourth-order valence-electron chi connectivity index (χ4n) is 5.63. The van der Waals surface area contributed by atoms with Crippen molar-refractivity contribution in [2.24, 2.45) is 11.8 Å². The molecular weight excluding hydrogens is 448 g/mol. The van der Waals surface area contributed by atoms with E-state index in [0.717, 1.165) is 43.4 Å². The van der Waals surface area contributed by atoms with Gasteiger partial charge in [0.15, 0.2) is 21.5 Å². The summed E-state index contributed by atoms with van der Waals surface area (Å²) in [6.07, 6.45) is 4.31. The summed E-state index contributed by atoms with van der Waals surface area (Å²) in [6, 6.07) is 7.76. The van der Waals surface area contributed by atoms with Crippen molar-refractivity contribution in [1.82, 2.24) is 0 Å². The fraction of sp³-hybridized carbons (Fsp3) is 0.480. The van der Waals surface area contributed by atoms with Crippen LogP contribution >= 0.6 is 0 Å². The third-order valence-corrected chi connectivity index (χ3v) is 10.1. The van der Waals surface area contributed by atoms with Crippen molar-refractivity contribution in [3.63, 3.8) is 0 Å². The van der Waals surface area contributed by atoms with Gasteiger partial charge in [-0.2, -0.15) is 0 Å². The summed E-state index contributed by atoms with van der Waals surface area (Å²) in [5, 5.41) is 12.7. The molecule has 2 bridgehead atoms. The Labute approximate surface area is 192 Å². The van der Waals surface area contributed by atoms with E-state index in [0.29, 0.717) is 12.8 Å². The molecule has 2 unspecified atom stereocenters. The van der Waals surface area contributed by atoms with Gasteiger partial charge in [0.1, 0.15) is 0 Å². The standard InChI is InChI=1S/C25H27F2NO4S/c1-25(30)16-5-6-17(25)12-19(11-16)33(31,32)23-10-15(4-8-20(23)14-2-3-14)24(29)28-18-7-9-21(26)22(27)13-18/h4,7-10,13-14,16-17,19,30H,2-3,5-6,11-12H2,1H3,(H,28,29)/t16?,17?,19-,25-. The number of hydrogen-bond acceptors (Lipinski definition) is 4. The van der Waals surface area contributed by atoms with E-state index in [2.05, 4.69) is 5.32 Å². The Kier molecular flexibility index (Phi) is 5.36. The number of amides is 1. The quantitative estimate of drug-likeness (QED) is 0.650. The number of benzene rings is 2. The fourth-order valence-corrected chi connectivity index (χ4v) is 7.81. The number of halogens is 2. The summed E-state index contributed by atoms with van der Waals surface area (Å²) in [6.45, 7) is 1.82. The lowest BCUT2D eigenvalue weighted by Crippen LogP contribution is -2.45. The van der Waals surface area contributed by atoms with Gasteiger partial charge in [0.2, 0.25) is 0 Å². The highest BCUT2D eigenvalue weighted by Gasteiger charge is 2.53. The first-order valence-corrected chi connectivity index (χ1v) is 13.0. The first-order chi connectivity index (χ1) is 15.6. The number of carbonyl (C=O) groups excluding carboxylic acids is 1. The van der Waals surface area contributed by atoms with Crippen LogP contribution in [0.3, 0.4) is 0 Å². The Bertz CT molecular complexity index is 1210. The normalized spacial score (nSPS) is 29.2. The molecule has 2 atom stereocenters. The molecule has 33 heavy (non-hydrogen) atoms. The molecule has 3 saturated carbocycles. The van der Waals surface area contributed by atoms with Gasteiger partial charge < -0.3 is 10.4 Å². The lowest BCUT2D eigenvalue weighted by atomic mass is 9.76. The Morgan fingerprint density at radius 3 is 2.27 bits per heavy atom. The summed E-state index contributed by atoms with van der Waals surface area (Å²) in [4.78, 5) is 13.0. The molecule has 3 fully saturated rings. The number of sulfone groups is 1. The van der Waals surface area contributed by atoms with E-state index in [1.54, 1.807) is 12.1 Å². The van der Waals surface area contributed by atoms with Gasteiger partial charge in [0.25, 0.3) is 5.91 Å². The van der Waals surface area contributed by atoms with Crippen molar-refractivity contribution in [3.05, 3.63) is 59.2 Å². The molecule has 0 aromatic heterocycles. The van der Waals surface area contributed by atoms with E-state index in [1.807, 2.05) is 6.92 Å². The summed E-state index contributed by atoms with van der Waals surface area (Å²) < 4.78 is 54.3. The predicted octanol–water partition coefficient (Wildman–Crippen LogP) is 4.81. The average Bonchev–Trinajstić information content (AvgIpc) is 3.59. The first kappa shape index (κ1) is 22.5. The van der Waals surface area contributed by atoms with Crippen molar-refractivity contribution in [1.29, 1.82) is 0 Å². The van der Waals surface area contributed by atoms with Crippen LogP contribution in [0.1, 0.15) is 67.3 Å². The lowest BCUT2D eigenvalue weighted by molar-refractivity contribution is -0.0413. The van der Waals surface area contributed by atoms with Gasteiger partial charge in [-0.1, -0.05) is 6.07 Å². The Morgan fingerprint density at radius 1 is 1.00 bits per heavy atom. The second kappa shape index (κ2) is 7.87. The Morgan fingerprint density at radius 2 is 1.67 bits per heavy atom. The van der Waals surface area contributed by atoms with Gasteiger partial charge in [-0.05, 0) is 93.0 Å². The largest absolute Gasteiger partial charge is 0.390 e. The van der Waals surface area contributed by atoms with Crippen LogP contribution in [0.4, 0.5) is 14.5 Å². The number of anilines is 1. The van der Waals surface area contributed by atoms with Gasteiger partial charge in [-0.25, -0.2) is 17.2 Å². The minimum Gasteiger partial charge on any atom is -0.390 e. The van der Waals surface area contributed by atoms with E-state index < -0.39 is 38.2 Å². The molecule has 2 aromatic carbocycles. The maximum Gasteiger partial charge on any atom is 0.255 e. The molecule has 0 radical (unpaired) electrons. The zero-order valence-corrected chi connectivity index (χ0v) is 19.2. The van der Waals surface area contributed by atoms with Crippen LogP contribution < -0.4 is 5.32 Å². The molecule has 0 saturated heterocycles. The zero-order chi connectivity index (χ0) is 23.5. The molecule has 2 N–H and O–H groups in total. The maximum atomic E-state index is 13.8. The third kappa shape index (κ3) is 3.97. The number of rotatable bonds is 5. The topological polar surface area (TPSA) is 83.5 Å². The van der Waals surface area contributed by atoms with Gasteiger partial charge in [-0.15, -0.1) is 0 Å². The minimum absolute atomic E-state index is 0.0414. The van der Waals surface area contributed by atoms with Crippen molar-refractivity contribution in [3.8, 4) is 0 Å². The Balaban J connectivity index is 1.46. The van der Waals surface area contributed by atoms with Crippen LogP contribution in [-0.4, -0.2) is 30.3 Å². The van der Waals surface area contributed by atoms with E-state index in [1.165, 1.54) is 12.1 Å². The van der Waals surface area contributed by atoms with Crippen molar-refractivity contribution >= 4 is 21.4 Å². The number of carbonyl (C=O) groups is 1. The molecule has 5 rings (SSSR count). The molecule has 5 nitrogen and oxygen atoms in total. The molecule has 3 aliphatic carbocycles. The van der Waals surface area contributed by atoms with Gasteiger partial charge in [0, 0.05) is 17.3 Å². The van der Waals surface area contributed by atoms with Crippen molar-refractivity contribution in [2.45, 2.75) is 67.1 Å². The third-order valence-electron chi connectivity index (χ3n) is 7.83. The summed E-state index contributed by atoms with van der Waals surface area (Å²) >= 11 is 0. The highest BCUT2D eigenvalue weighted by molar-refractivity contribution is 7.92. The number of nitrogens with one attached hydrogen (secondary N) is 1. The number of hydrogen-bond donors (Lipinski definition) is 2. The van der Waals surface area contributed by atoms with Crippen LogP contribution in [0.15, 0.2) is 41.3 Å². The second-order valence-corrected chi connectivity index (χ2v) is 12.1. The zero-order valence-electron chi connectivity index (χ0n) is 18.4. The van der Waals surface area contributed by atoms with E-state index in [4.69, 9.17) is 0 Å². The summed E-state index contributed by atoms with van der Waals surface area (Å²) in [5.41, 5.74) is 0.149. The smallest absolute Gasteiger partial charge is 0.255 e. The Hall–Kier alpha value is -2.32. The molecule has 176 valence electrons. The molecule has 2 aromatic rings. The number of fused-ring (bicyclic) bond motifs is 2. The van der Waals surface area contributed by atoms with Crippen LogP contribution in [0, 0.1) is 23.5 Å². The molecule has 0 heterocycles. The van der Waals surface area contributed by atoms with Gasteiger partial charge in [0.05, 0.1) is 15.7 Å². The summed E-state index contributed by atoms with van der Waals surface area (Å²) in [7, 11) is -3.72. The van der Waals surface area contributed by atoms with Crippen LogP contribution in [0.5, 0.6) is 0 Å². The molecule has 3 aliphatic rings. The first-order valence-electron chi connectivity index (χ1n) is 11.4. The van der Waals surface area contributed by atoms with Crippen LogP contribution in [-0.2, 0) is 9.84 Å². The van der Waals surface area contributed by atoms with Crippen LogP contribution in [0.2, 0.25) is 0 Å². The monoisotopic (exact) mass is 475 g/mol. The molecule has 0 spiro atoms. The molecule has 0 aliphatic heterocycles. The van der Waals surface area contributed by atoms with E-state index in [9.17, 15) is 27.1 Å². The van der Waals surface area contributed by atoms with E-state index >= 15 is 0 Å².